The lowest BCUT2D eigenvalue weighted by atomic mass is 10.1. The van der Waals surface area contributed by atoms with Gasteiger partial charge in [-0.3, -0.25) is 4.79 Å². The average molecular weight is 200 g/mol. The predicted molar refractivity (Wildman–Crippen MR) is 51.3 cm³/mol. The van der Waals surface area contributed by atoms with Crippen molar-refractivity contribution in [1.29, 1.82) is 0 Å². The number of carbonyl (C=O) groups is 2. The molecule has 1 atom stereocenters. The molecule has 72 valence electrons. The predicted octanol–water partition coefficient (Wildman–Crippen LogP) is 1.39. The second-order valence-electron chi connectivity index (χ2n) is 2.90. The van der Waals surface area contributed by atoms with Crippen molar-refractivity contribution >= 4 is 22.8 Å². The van der Waals surface area contributed by atoms with E-state index in [1.807, 2.05) is 0 Å². The molecule has 0 amide bonds. The number of hydrogen-bond donors (Lipinski definition) is 0. The van der Waals surface area contributed by atoms with Crippen LogP contribution in [0.1, 0.15) is 13.3 Å². The maximum Gasteiger partial charge on any atom is 0.333 e. The summed E-state index contributed by atoms with van der Waals surface area (Å²) in [5.74, 6) is 0.405. The molecule has 1 heterocycles. The third-order valence-electron chi connectivity index (χ3n) is 1.93. The molecule has 1 saturated heterocycles. The van der Waals surface area contributed by atoms with Crippen LogP contribution in [-0.4, -0.2) is 23.9 Å². The Bertz CT molecular complexity index is 258. The maximum absolute atomic E-state index is 11.2. The van der Waals surface area contributed by atoms with Gasteiger partial charge < -0.3 is 4.74 Å². The summed E-state index contributed by atoms with van der Waals surface area (Å²) in [6.07, 6.45) is 2.53. The largest absolute Gasteiger partial charge is 0.466 e. The van der Waals surface area contributed by atoms with Gasteiger partial charge in [0.2, 0.25) is 0 Å². The molecule has 0 aromatic heterocycles. The Morgan fingerprint density at radius 3 is 2.85 bits per heavy atom. The summed E-state index contributed by atoms with van der Waals surface area (Å²) >= 11 is 1.33. The van der Waals surface area contributed by atoms with Gasteiger partial charge in [-0.2, -0.15) is 0 Å². The van der Waals surface area contributed by atoms with Crippen LogP contribution in [0.3, 0.4) is 0 Å². The molecule has 3 nitrogen and oxygen atoms in total. The first kappa shape index (κ1) is 10.3. The second kappa shape index (κ2) is 4.46. The highest BCUT2D eigenvalue weighted by atomic mass is 32.2. The molecule has 1 rings (SSSR count). The van der Waals surface area contributed by atoms with Crippen molar-refractivity contribution in [3.8, 4) is 0 Å². The Hall–Kier alpha value is -0.770. The summed E-state index contributed by atoms with van der Waals surface area (Å²) in [5, 5.41) is 0.156. The number of allylic oxidation sites excluding steroid dienone is 1. The van der Waals surface area contributed by atoms with E-state index in [2.05, 4.69) is 4.74 Å². The molecule has 0 spiro atoms. The van der Waals surface area contributed by atoms with Crippen LogP contribution in [0.25, 0.3) is 0 Å². The summed E-state index contributed by atoms with van der Waals surface area (Å²) in [7, 11) is 1.34. The van der Waals surface area contributed by atoms with Crippen molar-refractivity contribution in [2.24, 2.45) is 5.92 Å². The third kappa shape index (κ3) is 2.59. The van der Waals surface area contributed by atoms with Gasteiger partial charge in [0.25, 0.3) is 0 Å². The number of ether oxygens (including phenoxy) is 1. The molecule has 0 aromatic rings. The van der Waals surface area contributed by atoms with Gasteiger partial charge in [0.15, 0.2) is 5.12 Å². The van der Waals surface area contributed by atoms with E-state index in [0.29, 0.717) is 5.57 Å². The first-order valence-corrected chi connectivity index (χ1v) is 5.07. The van der Waals surface area contributed by atoms with Gasteiger partial charge in [0.05, 0.1) is 7.11 Å². The molecular weight excluding hydrogens is 188 g/mol. The van der Waals surface area contributed by atoms with Crippen LogP contribution in [0, 0.1) is 5.92 Å². The molecule has 4 heteroatoms. The smallest absolute Gasteiger partial charge is 0.333 e. The third-order valence-corrected chi connectivity index (χ3v) is 2.96. The lowest BCUT2D eigenvalue weighted by Crippen LogP contribution is -2.07. The highest BCUT2D eigenvalue weighted by molar-refractivity contribution is 8.14. The first-order valence-electron chi connectivity index (χ1n) is 4.08. The van der Waals surface area contributed by atoms with E-state index in [1.54, 1.807) is 13.0 Å². The van der Waals surface area contributed by atoms with Crippen LogP contribution >= 0.6 is 11.8 Å². The van der Waals surface area contributed by atoms with Crippen molar-refractivity contribution in [2.45, 2.75) is 13.3 Å². The minimum atomic E-state index is -0.357. The van der Waals surface area contributed by atoms with Gasteiger partial charge in [-0.1, -0.05) is 17.8 Å². The number of esters is 1. The highest BCUT2D eigenvalue weighted by Gasteiger charge is 2.24. The summed E-state index contributed by atoms with van der Waals surface area (Å²) in [5.41, 5.74) is 0.517. The fourth-order valence-electron chi connectivity index (χ4n) is 1.19. The zero-order valence-corrected chi connectivity index (χ0v) is 8.52. The number of thioether (sulfide) groups is 1. The molecule has 0 N–H and O–H groups in total. The van der Waals surface area contributed by atoms with Crippen LogP contribution < -0.4 is 0 Å². The van der Waals surface area contributed by atoms with Gasteiger partial charge >= 0.3 is 5.97 Å². The molecule has 1 aliphatic heterocycles. The maximum atomic E-state index is 11.2. The molecule has 13 heavy (non-hydrogen) atoms. The molecule has 1 unspecified atom stereocenters. The van der Waals surface area contributed by atoms with Crippen molar-refractivity contribution in [3.05, 3.63) is 11.6 Å². The Balaban J connectivity index is 2.64. The van der Waals surface area contributed by atoms with Crippen molar-refractivity contribution in [3.63, 3.8) is 0 Å². The minimum Gasteiger partial charge on any atom is -0.466 e. The quantitative estimate of drug-likeness (QED) is 0.499. The fourth-order valence-corrected chi connectivity index (χ4v) is 2.17. The number of rotatable bonds is 2. The molecule has 0 radical (unpaired) electrons. The van der Waals surface area contributed by atoms with Crippen LogP contribution in [0.2, 0.25) is 0 Å². The Morgan fingerprint density at radius 1 is 1.69 bits per heavy atom. The van der Waals surface area contributed by atoms with Crippen molar-refractivity contribution in [2.75, 3.05) is 12.9 Å². The highest BCUT2D eigenvalue weighted by Crippen LogP contribution is 2.27. The lowest BCUT2D eigenvalue weighted by Gasteiger charge is -2.02. The van der Waals surface area contributed by atoms with Crippen LogP contribution in [0.4, 0.5) is 0 Å². The summed E-state index contributed by atoms with van der Waals surface area (Å²) in [4.78, 5) is 22.2. The van der Waals surface area contributed by atoms with Crippen LogP contribution in [0.5, 0.6) is 0 Å². The van der Waals surface area contributed by atoms with E-state index >= 15 is 0 Å². The number of carbonyl (C=O) groups excluding carboxylic acids is 2. The molecule has 1 fully saturated rings. The second-order valence-corrected chi connectivity index (χ2v) is 4.00. The number of methoxy groups -OCH3 is 1. The molecule has 0 aromatic carbocycles. The normalized spacial score (nSPS) is 23.4. The van der Waals surface area contributed by atoms with Gasteiger partial charge in [0.1, 0.15) is 0 Å². The minimum absolute atomic E-state index is 0.0934. The molecule has 1 aliphatic rings. The summed E-state index contributed by atoms with van der Waals surface area (Å²) in [6, 6.07) is 0. The zero-order chi connectivity index (χ0) is 9.84. The summed E-state index contributed by atoms with van der Waals surface area (Å²) in [6.45, 7) is 1.67. The van der Waals surface area contributed by atoms with Gasteiger partial charge in [-0.05, 0) is 13.3 Å². The topological polar surface area (TPSA) is 43.4 Å². The number of hydrogen-bond acceptors (Lipinski definition) is 4. The summed E-state index contributed by atoms with van der Waals surface area (Å²) < 4.78 is 4.53. The van der Waals surface area contributed by atoms with Crippen molar-refractivity contribution in [1.82, 2.24) is 0 Å². The van der Waals surface area contributed by atoms with Crippen LogP contribution in [-0.2, 0) is 14.3 Å². The lowest BCUT2D eigenvalue weighted by molar-refractivity contribution is -0.136. The Kier molecular flexibility index (Phi) is 3.54. The Labute approximate surface area is 81.5 Å². The first-order chi connectivity index (χ1) is 6.15. The average Bonchev–Trinajstić information content (AvgIpc) is 2.50. The zero-order valence-electron chi connectivity index (χ0n) is 7.70. The van der Waals surface area contributed by atoms with Gasteiger partial charge in [-0.25, -0.2) is 4.79 Å². The molecule has 0 bridgehead atoms. The van der Waals surface area contributed by atoms with Gasteiger partial charge in [0, 0.05) is 17.2 Å². The van der Waals surface area contributed by atoms with E-state index < -0.39 is 0 Å². The fraction of sp³-hybridized carbons (Fsp3) is 0.556. The molecule has 0 aliphatic carbocycles. The SMILES string of the molecule is COC(=O)C(C)=CC1CCSC1=O. The van der Waals surface area contributed by atoms with E-state index in [1.165, 1.54) is 18.9 Å². The van der Waals surface area contributed by atoms with E-state index in [-0.39, 0.29) is 17.0 Å². The van der Waals surface area contributed by atoms with Crippen LogP contribution in [0.15, 0.2) is 11.6 Å². The van der Waals surface area contributed by atoms with Crippen molar-refractivity contribution < 1.29 is 14.3 Å². The Morgan fingerprint density at radius 2 is 2.38 bits per heavy atom. The standard InChI is InChI=1S/C9H12O3S/c1-6(8(10)12-2)5-7-3-4-13-9(7)11/h5,7H,3-4H2,1-2H3. The molecule has 0 saturated carbocycles. The van der Waals surface area contributed by atoms with E-state index in [9.17, 15) is 9.59 Å². The van der Waals surface area contributed by atoms with E-state index in [0.717, 1.165) is 12.2 Å². The monoisotopic (exact) mass is 200 g/mol. The van der Waals surface area contributed by atoms with Gasteiger partial charge in [-0.15, -0.1) is 0 Å². The molecular formula is C9H12O3S. The van der Waals surface area contributed by atoms with E-state index in [4.69, 9.17) is 0 Å².